The lowest BCUT2D eigenvalue weighted by Gasteiger charge is -2.13. The van der Waals surface area contributed by atoms with Gasteiger partial charge in [-0.25, -0.2) is 4.98 Å². The van der Waals surface area contributed by atoms with Crippen LogP contribution in [-0.4, -0.2) is 23.1 Å². The smallest absolute Gasteiger partial charge is 0.121 e. The number of hydrogen-bond donors (Lipinski definition) is 1. The fourth-order valence-electron chi connectivity index (χ4n) is 3.44. The molecule has 0 atom stereocenters. The molecule has 0 aliphatic rings. The van der Waals surface area contributed by atoms with Crippen molar-refractivity contribution in [2.45, 2.75) is 19.9 Å². The van der Waals surface area contributed by atoms with Gasteiger partial charge in [0.25, 0.3) is 0 Å². The van der Waals surface area contributed by atoms with E-state index in [0.29, 0.717) is 6.61 Å². The van der Waals surface area contributed by atoms with Crippen molar-refractivity contribution in [1.29, 1.82) is 0 Å². The Morgan fingerprint density at radius 1 is 1.03 bits per heavy atom. The average molecular weight is 509 g/mol. The minimum absolute atomic E-state index is 0.642. The van der Waals surface area contributed by atoms with Gasteiger partial charge in [0.15, 0.2) is 0 Å². The van der Waals surface area contributed by atoms with Crippen LogP contribution in [0.1, 0.15) is 18.1 Å². The van der Waals surface area contributed by atoms with Crippen LogP contribution in [0.15, 0.2) is 73.1 Å². The van der Waals surface area contributed by atoms with E-state index in [-0.39, 0.29) is 0 Å². The highest BCUT2D eigenvalue weighted by Gasteiger charge is 2.10. The summed E-state index contributed by atoms with van der Waals surface area (Å²) in [5, 5.41) is 4.70. The van der Waals surface area contributed by atoms with Crippen molar-refractivity contribution in [2.24, 2.45) is 0 Å². The standard InChI is InChI=1S/C25H24IN3O/c1-2-30-23-10-7-19-14-21(17-28-13-11-18-5-8-22(26)9-6-18)25(29-24(19)15-23)20-4-3-12-27-16-20/h3-10,12,14-16,28H,2,11,13,17H2,1H3. The molecular formula is C25H24IN3O. The van der Waals surface area contributed by atoms with Crippen LogP contribution in [0.5, 0.6) is 5.75 Å². The van der Waals surface area contributed by atoms with E-state index in [1.807, 2.05) is 31.3 Å². The number of pyridine rings is 2. The third-order valence-electron chi connectivity index (χ3n) is 4.93. The van der Waals surface area contributed by atoms with Crippen molar-refractivity contribution in [2.75, 3.05) is 13.2 Å². The van der Waals surface area contributed by atoms with E-state index in [0.717, 1.165) is 47.4 Å². The molecule has 2 aromatic carbocycles. The summed E-state index contributed by atoms with van der Waals surface area (Å²) >= 11 is 2.34. The van der Waals surface area contributed by atoms with Crippen molar-refractivity contribution in [1.82, 2.24) is 15.3 Å². The fraction of sp³-hybridized carbons (Fsp3) is 0.200. The van der Waals surface area contributed by atoms with Crippen LogP contribution in [0.2, 0.25) is 0 Å². The monoisotopic (exact) mass is 509 g/mol. The van der Waals surface area contributed by atoms with E-state index in [1.54, 1.807) is 6.20 Å². The molecule has 0 aliphatic heterocycles. The third kappa shape index (κ3) is 5.15. The van der Waals surface area contributed by atoms with Gasteiger partial charge in [0, 0.05) is 39.5 Å². The summed E-state index contributed by atoms with van der Waals surface area (Å²) in [5.74, 6) is 0.845. The first-order valence-electron chi connectivity index (χ1n) is 10.1. The summed E-state index contributed by atoms with van der Waals surface area (Å²) in [6.07, 6.45) is 4.66. The number of fused-ring (bicyclic) bond motifs is 1. The molecule has 0 bridgehead atoms. The summed E-state index contributed by atoms with van der Waals surface area (Å²) in [5.41, 5.74) is 5.43. The Labute approximate surface area is 190 Å². The maximum absolute atomic E-state index is 5.65. The van der Waals surface area contributed by atoms with Crippen molar-refractivity contribution in [3.05, 3.63) is 87.8 Å². The molecule has 0 aliphatic carbocycles. The van der Waals surface area contributed by atoms with Crippen LogP contribution in [0.4, 0.5) is 0 Å². The molecule has 4 rings (SSSR count). The lowest BCUT2D eigenvalue weighted by Crippen LogP contribution is -2.17. The molecule has 30 heavy (non-hydrogen) atoms. The van der Waals surface area contributed by atoms with Crippen LogP contribution < -0.4 is 10.1 Å². The summed E-state index contributed by atoms with van der Waals surface area (Å²) in [6.45, 7) is 4.30. The number of benzene rings is 2. The van der Waals surface area contributed by atoms with Gasteiger partial charge in [0.1, 0.15) is 5.75 Å². The second kappa shape index (κ2) is 10.00. The molecule has 5 heteroatoms. The Morgan fingerprint density at radius 2 is 1.90 bits per heavy atom. The second-order valence-electron chi connectivity index (χ2n) is 7.08. The van der Waals surface area contributed by atoms with E-state index < -0.39 is 0 Å². The topological polar surface area (TPSA) is 47.0 Å². The van der Waals surface area contributed by atoms with E-state index in [4.69, 9.17) is 9.72 Å². The van der Waals surface area contributed by atoms with E-state index in [1.165, 1.54) is 14.7 Å². The zero-order chi connectivity index (χ0) is 20.8. The van der Waals surface area contributed by atoms with Crippen LogP contribution >= 0.6 is 22.6 Å². The van der Waals surface area contributed by atoms with Gasteiger partial charge < -0.3 is 10.1 Å². The first kappa shape index (κ1) is 20.8. The van der Waals surface area contributed by atoms with Gasteiger partial charge in [0.05, 0.1) is 17.8 Å². The summed E-state index contributed by atoms with van der Waals surface area (Å²) in [6, 6.07) is 21.0. The van der Waals surface area contributed by atoms with E-state index in [2.05, 4.69) is 75.4 Å². The number of nitrogens with zero attached hydrogens (tertiary/aromatic N) is 2. The zero-order valence-electron chi connectivity index (χ0n) is 16.9. The van der Waals surface area contributed by atoms with Crippen molar-refractivity contribution in [3.63, 3.8) is 0 Å². The number of halogens is 1. The van der Waals surface area contributed by atoms with Gasteiger partial charge in [-0.15, -0.1) is 0 Å². The molecule has 1 N–H and O–H groups in total. The largest absolute Gasteiger partial charge is 0.494 e. The number of aromatic nitrogens is 2. The third-order valence-corrected chi connectivity index (χ3v) is 5.65. The Kier molecular flexibility index (Phi) is 6.92. The molecule has 0 saturated carbocycles. The van der Waals surface area contributed by atoms with Gasteiger partial charge in [-0.2, -0.15) is 0 Å². The molecule has 0 fully saturated rings. The minimum Gasteiger partial charge on any atom is -0.494 e. The Hall–Kier alpha value is -2.51. The van der Waals surface area contributed by atoms with Crippen LogP contribution in [0.3, 0.4) is 0 Å². The molecule has 0 amide bonds. The summed E-state index contributed by atoms with van der Waals surface area (Å²) in [7, 11) is 0. The molecular weight excluding hydrogens is 485 g/mol. The molecule has 0 saturated heterocycles. The second-order valence-corrected chi connectivity index (χ2v) is 8.32. The average Bonchev–Trinajstić information content (AvgIpc) is 2.78. The first-order valence-corrected chi connectivity index (χ1v) is 11.2. The highest BCUT2D eigenvalue weighted by atomic mass is 127. The zero-order valence-corrected chi connectivity index (χ0v) is 19.1. The molecule has 152 valence electrons. The molecule has 2 heterocycles. The van der Waals surface area contributed by atoms with Crippen LogP contribution in [-0.2, 0) is 13.0 Å². The van der Waals surface area contributed by atoms with E-state index >= 15 is 0 Å². The van der Waals surface area contributed by atoms with Gasteiger partial charge in [-0.1, -0.05) is 12.1 Å². The molecule has 0 unspecified atom stereocenters. The lowest BCUT2D eigenvalue weighted by molar-refractivity contribution is 0.340. The number of hydrogen-bond acceptors (Lipinski definition) is 4. The predicted molar refractivity (Wildman–Crippen MR) is 131 cm³/mol. The molecule has 0 radical (unpaired) electrons. The van der Waals surface area contributed by atoms with E-state index in [9.17, 15) is 0 Å². The SMILES string of the molecule is CCOc1ccc2cc(CNCCc3ccc(I)cc3)c(-c3cccnc3)nc2c1. The molecule has 2 aromatic heterocycles. The van der Waals surface area contributed by atoms with Crippen molar-refractivity contribution < 1.29 is 4.74 Å². The lowest BCUT2D eigenvalue weighted by atomic mass is 10.0. The minimum atomic E-state index is 0.642. The molecule has 0 spiro atoms. The van der Waals surface area contributed by atoms with Crippen molar-refractivity contribution >= 4 is 33.5 Å². The highest BCUT2D eigenvalue weighted by molar-refractivity contribution is 14.1. The Bertz CT molecular complexity index is 1110. The van der Waals surface area contributed by atoms with Gasteiger partial charge in [-0.05, 0) is 96.1 Å². The summed E-state index contributed by atoms with van der Waals surface area (Å²) < 4.78 is 6.92. The maximum atomic E-state index is 5.65. The number of nitrogens with one attached hydrogen (secondary N) is 1. The molecule has 4 nitrogen and oxygen atoms in total. The van der Waals surface area contributed by atoms with Crippen LogP contribution in [0.25, 0.3) is 22.2 Å². The molecule has 4 aromatic rings. The fourth-order valence-corrected chi connectivity index (χ4v) is 3.80. The number of rotatable bonds is 8. The Morgan fingerprint density at radius 3 is 2.67 bits per heavy atom. The van der Waals surface area contributed by atoms with Gasteiger partial charge >= 0.3 is 0 Å². The van der Waals surface area contributed by atoms with Gasteiger partial charge in [0.2, 0.25) is 0 Å². The normalized spacial score (nSPS) is 11.0. The predicted octanol–water partition coefficient (Wildman–Crippen LogP) is 5.63. The van der Waals surface area contributed by atoms with Gasteiger partial charge in [-0.3, -0.25) is 4.98 Å². The van der Waals surface area contributed by atoms with Crippen LogP contribution in [0, 0.1) is 3.57 Å². The quantitative estimate of drug-likeness (QED) is 0.247. The highest BCUT2D eigenvalue weighted by Crippen LogP contribution is 2.27. The maximum Gasteiger partial charge on any atom is 0.121 e. The Balaban J connectivity index is 1.57. The van der Waals surface area contributed by atoms with Crippen molar-refractivity contribution in [3.8, 4) is 17.0 Å². The number of ether oxygens (including phenoxy) is 1. The first-order chi connectivity index (χ1) is 14.7. The summed E-state index contributed by atoms with van der Waals surface area (Å²) in [4.78, 5) is 9.26.